The number of aryl methyl sites for hydroxylation is 1. The Balaban J connectivity index is 1.51. The van der Waals surface area contributed by atoms with Crippen LogP contribution in [0.2, 0.25) is 0 Å². The predicted molar refractivity (Wildman–Crippen MR) is 130 cm³/mol. The van der Waals surface area contributed by atoms with Crippen LogP contribution in [0.5, 0.6) is 0 Å². The Bertz CT molecular complexity index is 1150. The lowest BCUT2D eigenvalue weighted by Gasteiger charge is -2.24. The van der Waals surface area contributed by atoms with E-state index in [1.807, 2.05) is 67.6 Å². The van der Waals surface area contributed by atoms with Crippen LogP contribution in [0.1, 0.15) is 16.7 Å². The predicted octanol–water partition coefficient (Wildman–Crippen LogP) is 4.24. The fourth-order valence-electron chi connectivity index (χ4n) is 3.86. The maximum absolute atomic E-state index is 13.1. The molecule has 7 nitrogen and oxygen atoms in total. The molecule has 8 heteroatoms. The third kappa shape index (κ3) is 6.76. The third-order valence-corrected chi connectivity index (χ3v) is 7.05. The van der Waals surface area contributed by atoms with E-state index in [1.165, 1.54) is 19.2 Å². The second-order valence-corrected chi connectivity index (χ2v) is 9.94. The van der Waals surface area contributed by atoms with Gasteiger partial charge in [0.1, 0.15) is 12.2 Å². The second-order valence-electron chi connectivity index (χ2n) is 8.37. The normalized spacial score (nSPS) is 22.3. The molecule has 1 heterocycles. The van der Waals surface area contributed by atoms with Gasteiger partial charge < -0.3 is 18.9 Å². The number of hydrogen-bond donors (Lipinski definition) is 0. The Labute approximate surface area is 206 Å². The van der Waals surface area contributed by atoms with Gasteiger partial charge in [-0.25, -0.2) is 0 Å². The van der Waals surface area contributed by atoms with Crippen molar-refractivity contribution in [1.82, 2.24) is 0 Å². The van der Waals surface area contributed by atoms with Gasteiger partial charge in [0.2, 0.25) is 0 Å². The molecule has 0 unspecified atom stereocenters. The molecule has 0 aliphatic carbocycles. The molecule has 0 amide bonds. The fourth-order valence-corrected chi connectivity index (χ4v) is 4.93. The van der Waals surface area contributed by atoms with Gasteiger partial charge in [-0.15, -0.1) is 0 Å². The van der Waals surface area contributed by atoms with Crippen LogP contribution >= 0.6 is 0 Å². The monoisotopic (exact) mass is 498 g/mol. The van der Waals surface area contributed by atoms with Gasteiger partial charge in [0.15, 0.2) is 12.4 Å². The zero-order valence-electron chi connectivity index (χ0n) is 19.8. The van der Waals surface area contributed by atoms with E-state index in [0.29, 0.717) is 6.61 Å². The second kappa shape index (κ2) is 11.9. The average molecular weight is 499 g/mol. The molecule has 1 fully saturated rings. The molecule has 0 spiro atoms. The fraction of sp³-hybridized carbons (Fsp3) is 0.333. The van der Waals surface area contributed by atoms with Crippen molar-refractivity contribution in [2.75, 3.05) is 13.7 Å². The van der Waals surface area contributed by atoms with Crippen molar-refractivity contribution in [3.63, 3.8) is 0 Å². The van der Waals surface area contributed by atoms with E-state index in [2.05, 4.69) is 0 Å². The summed E-state index contributed by atoms with van der Waals surface area (Å²) >= 11 is 0. The lowest BCUT2D eigenvalue weighted by molar-refractivity contribution is -0.152. The first kappa shape index (κ1) is 25.5. The number of ether oxygens (including phenoxy) is 4. The molecule has 0 bridgehead atoms. The first-order valence-corrected chi connectivity index (χ1v) is 12.8. The largest absolute Gasteiger partial charge is 0.374 e. The van der Waals surface area contributed by atoms with Gasteiger partial charge in [-0.3, -0.25) is 4.18 Å². The van der Waals surface area contributed by atoms with Crippen molar-refractivity contribution in [3.05, 3.63) is 102 Å². The summed E-state index contributed by atoms with van der Waals surface area (Å²) in [6.45, 7) is 2.71. The summed E-state index contributed by atoms with van der Waals surface area (Å²) in [4.78, 5) is 0.0588. The van der Waals surface area contributed by atoms with E-state index < -0.39 is 34.7 Å². The molecule has 35 heavy (non-hydrogen) atoms. The summed E-state index contributed by atoms with van der Waals surface area (Å²) in [5.74, 6) is 0. The molecule has 186 valence electrons. The van der Waals surface area contributed by atoms with Crippen molar-refractivity contribution in [2.45, 2.75) is 49.6 Å². The van der Waals surface area contributed by atoms with Crippen molar-refractivity contribution in [1.29, 1.82) is 0 Å². The van der Waals surface area contributed by atoms with E-state index in [1.54, 1.807) is 12.1 Å². The minimum Gasteiger partial charge on any atom is -0.374 e. The first-order chi connectivity index (χ1) is 17.0. The Morgan fingerprint density at radius 1 is 0.800 bits per heavy atom. The van der Waals surface area contributed by atoms with Crippen LogP contribution in [0.3, 0.4) is 0 Å². The summed E-state index contributed by atoms with van der Waals surface area (Å²) in [7, 11) is -2.64. The van der Waals surface area contributed by atoms with Crippen molar-refractivity contribution in [3.8, 4) is 0 Å². The molecule has 4 atom stereocenters. The first-order valence-electron chi connectivity index (χ1n) is 11.4. The number of hydrogen-bond acceptors (Lipinski definition) is 7. The summed E-state index contributed by atoms with van der Waals surface area (Å²) in [5, 5.41) is 0. The summed E-state index contributed by atoms with van der Waals surface area (Å²) in [5.41, 5.74) is 2.91. The molecule has 1 aliphatic rings. The highest BCUT2D eigenvalue weighted by atomic mass is 32.2. The van der Waals surface area contributed by atoms with E-state index in [9.17, 15) is 8.42 Å². The van der Waals surface area contributed by atoms with Gasteiger partial charge in [0, 0.05) is 7.11 Å². The molecule has 0 radical (unpaired) electrons. The maximum atomic E-state index is 13.1. The van der Waals surface area contributed by atoms with Crippen LogP contribution in [0, 0.1) is 6.92 Å². The highest BCUT2D eigenvalue weighted by Gasteiger charge is 2.49. The SMILES string of the molecule is CO[C@@H]1O[C@H](COCc2ccccc2)[C@H](OCc2ccccc2)[C@H]1OS(=O)(=O)c1ccc(C)cc1. The van der Waals surface area contributed by atoms with E-state index in [4.69, 9.17) is 23.1 Å². The van der Waals surface area contributed by atoms with Crippen LogP contribution in [-0.2, 0) is 46.5 Å². The standard InChI is InChI=1S/C27H30O7S/c1-20-13-15-23(16-14-20)35(28,29)34-26-25(32-18-22-11-7-4-8-12-22)24(33-27(26)30-2)19-31-17-21-9-5-3-6-10-21/h3-16,24-27H,17-19H2,1-2H3/t24-,25+,26-,27-/m1/s1. The van der Waals surface area contributed by atoms with Gasteiger partial charge >= 0.3 is 0 Å². The van der Waals surface area contributed by atoms with Gasteiger partial charge in [0.05, 0.1) is 24.7 Å². The summed E-state index contributed by atoms with van der Waals surface area (Å²) < 4.78 is 55.3. The Morgan fingerprint density at radius 2 is 1.40 bits per heavy atom. The smallest absolute Gasteiger partial charge is 0.297 e. The summed E-state index contributed by atoms with van der Waals surface area (Å²) in [6, 6.07) is 25.9. The minimum atomic E-state index is -4.09. The van der Waals surface area contributed by atoms with Crippen LogP contribution in [0.25, 0.3) is 0 Å². The molecule has 4 rings (SSSR count). The Morgan fingerprint density at radius 3 is 2.00 bits per heavy atom. The molecule has 0 saturated carbocycles. The van der Waals surface area contributed by atoms with Gasteiger partial charge in [-0.05, 0) is 30.2 Å². The van der Waals surface area contributed by atoms with E-state index in [0.717, 1.165) is 16.7 Å². The van der Waals surface area contributed by atoms with Gasteiger partial charge in [-0.2, -0.15) is 8.42 Å². The number of rotatable bonds is 11. The van der Waals surface area contributed by atoms with Crippen LogP contribution in [-0.4, -0.2) is 46.7 Å². The zero-order valence-corrected chi connectivity index (χ0v) is 20.6. The zero-order chi connectivity index (χ0) is 24.7. The van der Waals surface area contributed by atoms with E-state index >= 15 is 0 Å². The quantitative estimate of drug-likeness (QED) is 0.366. The lowest BCUT2D eigenvalue weighted by atomic mass is 10.1. The molecule has 1 aliphatic heterocycles. The topological polar surface area (TPSA) is 80.3 Å². The van der Waals surface area contributed by atoms with E-state index in [-0.39, 0.29) is 18.1 Å². The lowest BCUT2D eigenvalue weighted by Crippen LogP contribution is -2.40. The molecule has 1 saturated heterocycles. The van der Waals surface area contributed by atoms with Gasteiger partial charge in [0.25, 0.3) is 10.1 Å². The average Bonchev–Trinajstić information content (AvgIpc) is 3.19. The summed E-state index contributed by atoms with van der Waals surface area (Å²) in [6.07, 6.45) is -3.29. The molecule has 3 aromatic rings. The minimum absolute atomic E-state index is 0.0588. The molecular formula is C27H30O7S. The Kier molecular flexibility index (Phi) is 8.67. The van der Waals surface area contributed by atoms with Crippen LogP contribution in [0.15, 0.2) is 89.8 Å². The molecule has 0 N–H and O–H groups in total. The van der Waals surface area contributed by atoms with Crippen LogP contribution < -0.4 is 0 Å². The van der Waals surface area contributed by atoms with Crippen molar-refractivity contribution < 1.29 is 31.5 Å². The van der Waals surface area contributed by atoms with Crippen molar-refractivity contribution in [2.24, 2.45) is 0 Å². The van der Waals surface area contributed by atoms with Crippen molar-refractivity contribution >= 4 is 10.1 Å². The maximum Gasteiger partial charge on any atom is 0.297 e. The molecule has 0 aromatic heterocycles. The highest BCUT2D eigenvalue weighted by Crippen LogP contribution is 2.31. The number of methoxy groups -OCH3 is 1. The van der Waals surface area contributed by atoms with Gasteiger partial charge in [-0.1, -0.05) is 78.4 Å². The third-order valence-electron chi connectivity index (χ3n) is 5.73. The number of benzene rings is 3. The van der Waals surface area contributed by atoms with Crippen LogP contribution in [0.4, 0.5) is 0 Å². The molecule has 3 aromatic carbocycles. The highest BCUT2D eigenvalue weighted by molar-refractivity contribution is 7.86. The Hall–Kier alpha value is -2.59. The molecular weight excluding hydrogens is 468 g/mol.